The van der Waals surface area contributed by atoms with Crippen LogP contribution in [-0.2, 0) is 5.41 Å². The minimum atomic E-state index is -0.0158. The third kappa shape index (κ3) is 3.31. The molecular formula is C41H27N3O. The highest BCUT2D eigenvalue weighted by Crippen LogP contribution is 2.50. The summed E-state index contributed by atoms with van der Waals surface area (Å²) in [6.07, 6.45) is 0. The first kappa shape index (κ1) is 24.7. The van der Waals surface area contributed by atoms with Crippen molar-refractivity contribution in [1.29, 1.82) is 0 Å². The number of para-hydroxylation sites is 2. The standard InChI is InChI=1S/C41H27N3O/c1-41(2)31-13-6-3-10-26(31)30-22-24(19-21-32(30)41)25-18-20-28-27-11-4-7-15-34(27)44(35(28)23-25)40-42-33-14-9-17-37-38(33)39(43-40)29-12-5-8-16-36(29)45-37/h3-23H,1-2H3. The SMILES string of the molecule is CC1(C)c2ccccc2-c2cc(-c3ccc4c5ccccc5n(-c5nc6c7c(cccc7n5)Oc5ccccc5-6)c4c3)ccc21. The van der Waals surface area contributed by atoms with Gasteiger partial charge in [0.2, 0.25) is 5.95 Å². The fraction of sp³-hybridized carbons (Fsp3) is 0.0732. The van der Waals surface area contributed by atoms with Gasteiger partial charge in [-0.1, -0.05) is 98.8 Å². The van der Waals surface area contributed by atoms with Crippen LogP contribution in [0.2, 0.25) is 0 Å². The van der Waals surface area contributed by atoms with E-state index >= 15 is 0 Å². The van der Waals surface area contributed by atoms with Crippen molar-refractivity contribution in [3.05, 3.63) is 139 Å². The fourth-order valence-corrected chi connectivity index (χ4v) is 7.65. The molecular weight excluding hydrogens is 550 g/mol. The molecule has 0 amide bonds. The molecule has 0 radical (unpaired) electrons. The predicted molar refractivity (Wildman–Crippen MR) is 182 cm³/mol. The smallest absolute Gasteiger partial charge is 0.235 e. The second kappa shape index (κ2) is 8.67. The van der Waals surface area contributed by atoms with Gasteiger partial charge in [0.15, 0.2) is 0 Å². The lowest BCUT2D eigenvalue weighted by Gasteiger charge is -2.21. The summed E-state index contributed by atoms with van der Waals surface area (Å²) in [6, 6.07) is 45.3. The van der Waals surface area contributed by atoms with E-state index in [-0.39, 0.29) is 5.41 Å². The molecule has 6 aromatic carbocycles. The van der Waals surface area contributed by atoms with Gasteiger partial charge in [-0.05, 0) is 75.8 Å². The van der Waals surface area contributed by atoms with Crippen LogP contribution in [0, 0.1) is 0 Å². The van der Waals surface area contributed by atoms with Crippen LogP contribution in [-0.4, -0.2) is 14.5 Å². The number of benzene rings is 6. The second-order valence-corrected chi connectivity index (χ2v) is 12.6. The van der Waals surface area contributed by atoms with Gasteiger partial charge in [-0.3, -0.25) is 4.57 Å². The van der Waals surface area contributed by atoms with E-state index in [1.54, 1.807) is 0 Å². The summed E-state index contributed by atoms with van der Waals surface area (Å²) in [5.74, 6) is 2.26. The van der Waals surface area contributed by atoms with Crippen molar-refractivity contribution in [3.63, 3.8) is 0 Å². The Morgan fingerprint density at radius 2 is 1.27 bits per heavy atom. The molecule has 212 valence electrons. The van der Waals surface area contributed by atoms with Crippen LogP contribution in [0.25, 0.3) is 72.2 Å². The maximum absolute atomic E-state index is 6.26. The molecule has 0 fully saturated rings. The lowest BCUT2D eigenvalue weighted by molar-refractivity contribution is 0.486. The Kier molecular flexibility index (Phi) is 4.76. The number of hydrogen-bond acceptors (Lipinski definition) is 3. The summed E-state index contributed by atoms with van der Waals surface area (Å²) in [5.41, 5.74) is 12.7. The largest absolute Gasteiger partial charge is 0.456 e. The van der Waals surface area contributed by atoms with E-state index in [0.717, 1.165) is 44.7 Å². The second-order valence-electron chi connectivity index (χ2n) is 12.6. The van der Waals surface area contributed by atoms with Crippen molar-refractivity contribution >= 4 is 32.7 Å². The van der Waals surface area contributed by atoms with Gasteiger partial charge in [-0.2, -0.15) is 0 Å². The minimum absolute atomic E-state index is 0.0158. The Balaban J connectivity index is 1.23. The van der Waals surface area contributed by atoms with Crippen molar-refractivity contribution < 1.29 is 4.74 Å². The van der Waals surface area contributed by atoms with Gasteiger partial charge in [0.1, 0.15) is 11.5 Å². The molecule has 0 bridgehead atoms. The maximum atomic E-state index is 6.26. The molecule has 0 saturated carbocycles. The minimum Gasteiger partial charge on any atom is -0.456 e. The van der Waals surface area contributed by atoms with E-state index in [1.807, 2.05) is 36.4 Å². The van der Waals surface area contributed by atoms with Crippen molar-refractivity contribution in [3.8, 4) is 51.0 Å². The molecule has 45 heavy (non-hydrogen) atoms. The molecule has 0 saturated heterocycles. The number of fused-ring (bicyclic) bond motifs is 8. The summed E-state index contributed by atoms with van der Waals surface area (Å²) in [6.45, 7) is 4.65. The average Bonchev–Trinajstić information content (AvgIpc) is 3.53. The van der Waals surface area contributed by atoms with Crippen molar-refractivity contribution in [1.82, 2.24) is 14.5 Å². The highest BCUT2D eigenvalue weighted by Gasteiger charge is 2.35. The van der Waals surface area contributed by atoms with E-state index in [1.165, 1.54) is 44.2 Å². The first-order valence-corrected chi connectivity index (χ1v) is 15.4. The summed E-state index contributed by atoms with van der Waals surface area (Å²) in [7, 11) is 0. The molecule has 4 heteroatoms. The predicted octanol–water partition coefficient (Wildman–Crippen LogP) is 10.5. The molecule has 2 aliphatic rings. The Hall–Kier alpha value is -5.74. The van der Waals surface area contributed by atoms with E-state index < -0.39 is 0 Å². The third-order valence-electron chi connectivity index (χ3n) is 9.83. The molecule has 0 spiro atoms. The first-order chi connectivity index (χ1) is 22.1. The highest BCUT2D eigenvalue weighted by atomic mass is 16.5. The average molecular weight is 578 g/mol. The summed E-state index contributed by atoms with van der Waals surface area (Å²) >= 11 is 0. The lowest BCUT2D eigenvalue weighted by Crippen LogP contribution is -2.14. The Morgan fingerprint density at radius 3 is 2.20 bits per heavy atom. The summed E-state index contributed by atoms with van der Waals surface area (Å²) in [5, 5.41) is 3.30. The van der Waals surface area contributed by atoms with Gasteiger partial charge in [-0.15, -0.1) is 0 Å². The van der Waals surface area contributed by atoms with Crippen LogP contribution in [0.15, 0.2) is 127 Å². The number of ether oxygens (including phenoxy) is 1. The van der Waals surface area contributed by atoms with Gasteiger partial charge >= 0.3 is 0 Å². The van der Waals surface area contributed by atoms with Gasteiger partial charge < -0.3 is 4.74 Å². The molecule has 0 atom stereocenters. The van der Waals surface area contributed by atoms with E-state index in [4.69, 9.17) is 14.7 Å². The molecule has 8 aromatic rings. The van der Waals surface area contributed by atoms with Crippen LogP contribution >= 0.6 is 0 Å². The number of nitrogens with zero attached hydrogens (tertiary/aromatic N) is 3. The van der Waals surface area contributed by atoms with Crippen LogP contribution < -0.4 is 4.74 Å². The molecule has 10 rings (SSSR count). The molecule has 1 aliphatic heterocycles. The van der Waals surface area contributed by atoms with Crippen molar-refractivity contribution in [2.24, 2.45) is 0 Å². The van der Waals surface area contributed by atoms with Crippen molar-refractivity contribution in [2.75, 3.05) is 0 Å². The molecule has 4 nitrogen and oxygen atoms in total. The van der Waals surface area contributed by atoms with Crippen LogP contribution in [0.4, 0.5) is 0 Å². The monoisotopic (exact) mass is 577 g/mol. The zero-order chi connectivity index (χ0) is 29.9. The van der Waals surface area contributed by atoms with Gasteiger partial charge in [0, 0.05) is 21.8 Å². The molecule has 1 aliphatic carbocycles. The van der Waals surface area contributed by atoms with E-state index in [2.05, 4.69) is 109 Å². The Labute approximate surface area is 260 Å². The van der Waals surface area contributed by atoms with Crippen LogP contribution in [0.1, 0.15) is 25.0 Å². The van der Waals surface area contributed by atoms with Crippen LogP contribution in [0.3, 0.4) is 0 Å². The molecule has 2 aromatic heterocycles. The summed E-state index contributed by atoms with van der Waals surface area (Å²) in [4.78, 5) is 10.4. The van der Waals surface area contributed by atoms with Gasteiger partial charge in [0.05, 0.1) is 27.6 Å². The molecule has 0 N–H and O–H groups in total. The normalized spacial score (nSPS) is 13.9. The summed E-state index contributed by atoms with van der Waals surface area (Å²) < 4.78 is 8.49. The zero-order valence-corrected chi connectivity index (χ0v) is 24.9. The first-order valence-electron chi connectivity index (χ1n) is 15.4. The maximum Gasteiger partial charge on any atom is 0.235 e. The van der Waals surface area contributed by atoms with Crippen LogP contribution in [0.5, 0.6) is 11.5 Å². The van der Waals surface area contributed by atoms with Gasteiger partial charge in [-0.25, -0.2) is 9.97 Å². The quantitative estimate of drug-likeness (QED) is 0.205. The Morgan fingerprint density at radius 1 is 0.556 bits per heavy atom. The third-order valence-corrected chi connectivity index (χ3v) is 9.83. The molecule has 0 unspecified atom stereocenters. The topological polar surface area (TPSA) is 39.9 Å². The lowest BCUT2D eigenvalue weighted by atomic mass is 9.82. The van der Waals surface area contributed by atoms with Gasteiger partial charge in [0.25, 0.3) is 0 Å². The number of rotatable bonds is 2. The Bertz CT molecular complexity index is 2560. The van der Waals surface area contributed by atoms with E-state index in [9.17, 15) is 0 Å². The fourth-order valence-electron chi connectivity index (χ4n) is 7.65. The molecule has 3 heterocycles. The number of hydrogen-bond donors (Lipinski definition) is 0. The van der Waals surface area contributed by atoms with Crippen molar-refractivity contribution in [2.45, 2.75) is 19.3 Å². The highest BCUT2D eigenvalue weighted by molar-refractivity contribution is 6.10. The number of aromatic nitrogens is 3. The zero-order valence-electron chi connectivity index (χ0n) is 24.9. The van der Waals surface area contributed by atoms with E-state index in [0.29, 0.717) is 5.95 Å².